The van der Waals surface area contributed by atoms with E-state index < -0.39 is 0 Å². The SMILES string of the molecule is COc1cccc(N(C(C)=O)C2CCN(Cc3ccc(Cl)cc3)CC2)c1. The molecule has 1 heterocycles. The maximum atomic E-state index is 12.3. The monoisotopic (exact) mass is 372 g/mol. The zero-order valence-corrected chi connectivity index (χ0v) is 16.1. The molecule has 26 heavy (non-hydrogen) atoms. The van der Waals surface area contributed by atoms with Gasteiger partial charge in [0.05, 0.1) is 7.11 Å². The molecular weight excluding hydrogens is 348 g/mol. The van der Waals surface area contributed by atoms with Crippen LogP contribution >= 0.6 is 11.6 Å². The molecule has 4 nitrogen and oxygen atoms in total. The van der Waals surface area contributed by atoms with Gasteiger partial charge in [0, 0.05) is 49.4 Å². The second-order valence-electron chi connectivity index (χ2n) is 6.72. The molecule has 0 atom stereocenters. The molecule has 0 saturated carbocycles. The normalized spacial score (nSPS) is 15.7. The number of anilines is 1. The molecule has 0 bridgehead atoms. The number of rotatable bonds is 5. The number of ether oxygens (including phenoxy) is 1. The van der Waals surface area contributed by atoms with Gasteiger partial charge in [0.1, 0.15) is 5.75 Å². The number of benzene rings is 2. The van der Waals surface area contributed by atoms with E-state index in [9.17, 15) is 4.79 Å². The van der Waals surface area contributed by atoms with Crippen molar-refractivity contribution in [2.45, 2.75) is 32.4 Å². The Labute approximate surface area is 160 Å². The first-order valence-electron chi connectivity index (χ1n) is 8.97. The number of amides is 1. The summed E-state index contributed by atoms with van der Waals surface area (Å²) in [6, 6.07) is 16.0. The van der Waals surface area contributed by atoms with Crippen LogP contribution in [0.4, 0.5) is 5.69 Å². The molecule has 0 unspecified atom stereocenters. The van der Waals surface area contributed by atoms with E-state index in [-0.39, 0.29) is 11.9 Å². The average Bonchev–Trinajstić information content (AvgIpc) is 2.65. The third kappa shape index (κ3) is 4.57. The Morgan fingerprint density at radius 3 is 2.50 bits per heavy atom. The first kappa shape index (κ1) is 18.7. The Kier molecular flexibility index (Phi) is 6.17. The molecule has 2 aromatic rings. The Hall–Kier alpha value is -2.04. The summed E-state index contributed by atoms with van der Waals surface area (Å²) < 4.78 is 5.31. The highest BCUT2D eigenvalue weighted by Gasteiger charge is 2.27. The zero-order chi connectivity index (χ0) is 18.5. The smallest absolute Gasteiger partial charge is 0.224 e. The average molecular weight is 373 g/mol. The predicted molar refractivity (Wildman–Crippen MR) is 106 cm³/mol. The van der Waals surface area contributed by atoms with Gasteiger partial charge in [-0.3, -0.25) is 9.69 Å². The Balaban J connectivity index is 1.64. The summed E-state index contributed by atoms with van der Waals surface area (Å²) >= 11 is 5.96. The minimum atomic E-state index is 0.0782. The molecule has 0 N–H and O–H groups in total. The minimum Gasteiger partial charge on any atom is -0.497 e. The number of nitrogens with zero attached hydrogens (tertiary/aromatic N) is 2. The first-order chi connectivity index (χ1) is 12.6. The molecule has 2 aromatic carbocycles. The van der Waals surface area contributed by atoms with Crippen LogP contribution in [0, 0.1) is 0 Å². The van der Waals surface area contributed by atoms with E-state index in [1.54, 1.807) is 14.0 Å². The van der Waals surface area contributed by atoms with Gasteiger partial charge in [0.2, 0.25) is 5.91 Å². The number of hydrogen-bond acceptors (Lipinski definition) is 3. The molecule has 0 aromatic heterocycles. The fraction of sp³-hybridized carbons (Fsp3) is 0.381. The quantitative estimate of drug-likeness (QED) is 0.781. The fourth-order valence-corrected chi connectivity index (χ4v) is 3.72. The first-order valence-corrected chi connectivity index (χ1v) is 9.35. The van der Waals surface area contributed by atoms with Crippen LogP contribution in [0.15, 0.2) is 48.5 Å². The molecule has 0 radical (unpaired) electrons. The van der Waals surface area contributed by atoms with Crippen molar-refractivity contribution in [1.29, 1.82) is 0 Å². The van der Waals surface area contributed by atoms with Gasteiger partial charge in [-0.25, -0.2) is 0 Å². The predicted octanol–water partition coefficient (Wildman–Crippen LogP) is 4.37. The maximum absolute atomic E-state index is 12.3. The summed E-state index contributed by atoms with van der Waals surface area (Å²) in [6.07, 6.45) is 1.93. The number of methoxy groups -OCH3 is 1. The zero-order valence-electron chi connectivity index (χ0n) is 15.3. The number of hydrogen-bond donors (Lipinski definition) is 0. The van der Waals surface area contributed by atoms with E-state index in [2.05, 4.69) is 17.0 Å². The van der Waals surface area contributed by atoms with E-state index in [0.717, 1.165) is 48.9 Å². The standard InChI is InChI=1S/C21H25ClN2O2/c1-16(25)24(20-4-3-5-21(14-20)26-2)19-10-12-23(13-11-19)15-17-6-8-18(22)9-7-17/h3-9,14,19H,10-13,15H2,1-2H3. The van der Waals surface area contributed by atoms with Crippen molar-refractivity contribution in [3.8, 4) is 5.75 Å². The second-order valence-corrected chi connectivity index (χ2v) is 7.16. The van der Waals surface area contributed by atoms with Gasteiger partial charge in [0.25, 0.3) is 0 Å². The maximum Gasteiger partial charge on any atom is 0.224 e. The molecule has 1 saturated heterocycles. The second kappa shape index (κ2) is 8.56. The third-order valence-electron chi connectivity index (χ3n) is 4.91. The van der Waals surface area contributed by atoms with Crippen molar-refractivity contribution in [3.63, 3.8) is 0 Å². The Morgan fingerprint density at radius 1 is 1.19 bits per heavy atom. The molecule has 0 spiro atoms. The number of carbonyl (C=O) groups excluding carboxylic acids is 1. The van der Waals surface area contributed by atoms with Gasteiger partial charge < -0.3 is 9.64 Å². The van der Waals surface area contributed by atoms with Crippen LogP contribution in [0.3, 0.4) is 0 Å². The lowest BCUT2D eigenvalue weighted by Crippen LogP contribution is -2.46. The van der Waals surface area contributed by atoms with Crippen LogP contribution in [0.25, 0.3) is 0 Å². The lowest BCUT2D eigenvalue weighted by molar-refractivity contribution is -0.117. The minimum absolute atomic E-state index is 0.0782. The number of likely N-dealkylation sites (tertiary alicyclic amines) is 1. The molecule has 1 aliphatic rings. The highest BCUT2D eigenvalue weighted by atomic mass is 35.5. The van der Waals surface area contributed by atoms with Crippen molar-refractivity contribution < 1.29 is 9.53 Å². The van der Waals surface area contributed by atoms with E-state index in [1.807, 2.05) is 41.3 Å². The van der Waals surface area contributed by atoms with Crippen molar-refractivity contribution in [2.75, 3.05) is 25.1 Å². The summed E-state index contributed by atoms with van der Waals surface area (Å²) in [5.74, 6) is 0.850. The van der Waals surface area contributed by atoms with Crippen molar-refractivity contribution in [2.24, 2.45) is 0 Å². The van der Waals surface area contributed by atoms with Crippen molar-refractivity contribution >= 4 is 23.2 Å². The van der Waals surface area contributed by atoms with Crippen LogP contribution < -0.4 is 9.64 Å². The third-order valence-corrected chi connectivity index (χ3v) is 5.16. The molecular formula is C21H25ClN2O2. The lowest BCUT2D eigenvalue weighted by Gasteiger charge is -2.38. The lowest BCUT2D eigenvalue weighted by atomic mass is 10.0. The largest absolute Gasteiger partial charge is 0.497 e. The van der Waals surface area contributed by atoms with E-state index >= 15 is 0 Å². The van der Waals surface area contributed by atoms with Gasteiger partial charge in [0.15, 0.2) is 0 Å². The van der Waals surface area contributed by atoms with Gasteiger partial charge >= 0.3 is 0 Å². The van der Waals surface area contributed by atoms with Crippen molar-refractivity contribution in [1.82, 2.24) is 4.90 Å². The van der Waals surface area contributed by atoms with Crippen LogP contribution in [-0.2, 0) is 11.3 Å². The molecule has 3 rings (SSSR count). The van der Waals surface area contributed by atoms with E-state index in [4.69, 9.17) is 16.3 Å². The highest BCUT2D eigenvalue weighted by molar-refractivity contribution is 6.30. The Morgan fingerprint density at radius 2 is 1.88 bits per heavy atom. The summed E-state index contributed by atoms with van der Waals surface area (Å²) in [5.41, 5.74) is 2.18. The summed E-state index contributed by atoms with van der Waals surface area (Å²) in [4.78, 5) is 16.7. The van der Waals surface area contributed by atoms with Gasteiger partial charge in [-0.05, 0) is 42.7 Å². The fourth-order valence-electron chi connectivity index (χ4n) is 3.59. The molecule has 0 aliphatic carbocycles. The summed E-state index contributed by atoms with van der Waals surface area (Å²) in [6.45, 7) is 4.50. The van der Waals surface area contributed by atoms with Crippen molar-refractivity contribution in [3.05, 3.63) is 59.1 Å². The molecule has 1 amide bonds. The molecule has 5 heteroatoms. The van der Waals surface area contributed by atoms with Crippen LogP contribution in [-0.4, -0.2) is 37.0 Å². The van der Waals surface area contributed by atoms with Gasteiger partial charge in [-0.15, -0.1) is 0 Å². The highest BCUT2D eigenvalue weighted by Crippen LogP contribution is 2.27. The number of halogens is 1. The molecule has 138 valence electrons. The topological polar surface area (TPSA) is 32.8 Å². The summed E-state index contributed by atoms with van der Waals surface area (Å²) in [5, 5.41) is 0.767. The Bertz CT molecular complexity index is 740. The van der Waals surface area contributed by atoms with Gasteiger partial charge in [-0.1, -0.05) is 29.8 Å². The number of piperidine rings is 1. The van der Waals surface area contributed by atoms with E-state index in [1.165, 1.54) is 5.56 Å². The van der Waals surface area contributed by atoms with Crippen LogP contribution in [0.1, 0.15) is 25.3 Å². The number of carbonyl (C=O) groups is 1. The van der Waals surface area contributed by atoms with Gasteiger partial charge in [-0.2, -0.15) is 0 Å². The molecule has 1 aliphatic heterocycles. The van der Waals surface area contributed by atoms with E-state index in [0.29, 0.717) is 0 Å². The summed E-state index contributed by atoms with van der Waals surface area (Å²) in [7, 11) is 1.65. The molecule has 1 fully saturated rings. The van der Waals surface area contributed by atoms with Crippen LogP contribution in [0.5, 0.6) is 5.75 Å². The van der Waals surface area contributed by atoms with Crippen LogP contribution in [0.2, 0.25) is 5.02 Å².